The molecule has 1 N–H and O–H groups in total. The second-order valence-electron chi connectivity index (χ2n) is 6.48. The van der Waals surface area contributed by atoms with E-state index in [-0.39, 0.29) is 6.04 Å². The fraction of sp³-hybridized carbons (Fsp3) is 0.389. The zero-order valence-electron chi connectivity index (χ0n) is 13.8. The number of benzene rings is 1. The van der Waals surface area contributed by atoms with Crippen LogP contribution in [0.4, 0.5) is 5.82 Å². The molecule has 2 aromatic heterocycles. The van der Waals surface area contributed by atoms with Crippen LogP contribution in [0.3, 0.4) is 0 Å². The second-order valence-corrected chi connectivity index (χ2v) is 6.48. The second kappa shape index (κ2) is 5.79. The van der Waals surface area contributed by atoms with Crippen LogP contribution in [0.1, 0.15) is 19.3 Å². The molecule has 2 aliphatic rings. The summed E-state index contributed by atoms with van der Waals surface area (Å²) in [6.45, 7) is 1.32. The molecular weight excluding hydrogens is 318 g/mol. The van der Waals surface area contributed by atoms with Gasteiger partial charge in [-0.15, -0.1) is 15.3 Å². The Morgan fingerprint density at radius 2 is 1.88 bits per heavy atom. The molecule has 1 aliphatic carbocycles. The van der Waals surface area contributed by atoms with E-state index in [2.05, 4.69) is 15.5 Å². The lowest BCUT2D eigenvalue weighted by atomic mass is 10.1. The molecule has 1 aromatic carbocycles. The first-order chi connectivity index (χ1) is 12.3. The maximum Gasteiger partial charge on any atom is 0.188 e. The standard InChI is InChI=1S/C18H19N5O2/c1-2-5-13(6-3-1)17-21-20-16-9-8-15(22-23(16)17)19-14-7-4-10-18(14)24-11-12-25-18/h1-3,5-6,8-9,14H,4,7,10-12H2,(H,19,22). The SMILES string of the molecule is c1ccc(-c2nnc3ccc(NC4CCCC45OCCO5)nn23)cc1. The van der Waals surface area contributed by atoms with Crippen LogP contribution in [-0.2, 0) is 9.47 Å². The number of hydrogen-bond donors (Lipinski definition) is 1. The minimum Gasteiger partial charge on any atom is -0.360 e. The number of rotatable bonds is 3. The molecule has 25 heavy (non-hydrogen) atoms. The van der Waals surface area contributed by atoms with Gasteiger partial charge in [0.05, 0.1) is 19.3 Å². The minimum atomic E-state index is -0.494. The van der Waals surface area contributed by atoms with Crippen LogP contribution in [0.2, 0.25) is 0 Å². The van der Waals surface area contributed by atoms with Gasteiger partial charge in [-0.1, -0.05) is 30.3 Å². The molecule has 7 nitrogen and oxygen atoms in total. The van der Waals surface area contributed by atoms with Crippen LogP contribution in [0.5, 0.6) is 0 Å². The fourth-order valence-corrected chi connectivity index (χ4v) is 3.76. The maximum absolute atomic E-state index is 5.91. The van der Waals surface area contributed by atoms with Gasteiger partial charge in [0, 0.05) is 12.0 Å². The van der Waals surface area contributed by atoms with Crippen molar-refractivity contribution in [2.75, 3.05) is 18.5 Å². The van der Waals surface area contributed by atoms with Gasteiger partial charge in [0.1, 0.15) is 5.82 Å². The number of nitrogens with one attached hydrogen (secondary N) is 1. The third-order valence-electron chi connectivity index (χ3n) is 4.94. The Morgan fingerprint density at radius 3 is 2.72 bits per heavy atom. The van der Waals surface area contributed by atoms with Crippen molar-refractivity contribution in [1.29, 1.82) is 0 Å². The number of anilines is 1. The summed E-state index contributed by atoms with van der Waals surface area (Å²) in [6, 6.07) is 13.9. The third kappa shape index (κ3) is 2.47. The number of ether oxygens (including phenoxy) is 2. The lowest BCUT2D eigenvalue weighted by Gasteiger charge is -2.30. The summed E-state index contributed by atoms with van der Waals surface area (Å²) in [4.78, 5) is 0. The Bertz CT molecular complexity index is 883. The van der Waals surface area contributed by atoms with Crippen LogP contribution < -0.4 is 5.32 Å². The molecule has 3 heterocycles. The lowest BCUT2D eigenvalue weighted by molar-refractivity contribution is -0.156. The Hall–Kier alpha value is -2.51. The molecule has 1 saturated carbocycles. The largest absolute Gasteiger partial charge is 0.360 e. The van der Waals surface area contributed by atoms with Crippen molar-refractivity contribution in [3.05, 3.63) is 42.5 Å². The van der Waals surface area contributed by atoms with E-state index in [4.69, 9.17) is 14.6 Å². The highest BCUT2D eigenvalue weighted by molar-refractivity contribution is 5.59. The van der Waals surface area contributed by atoms with Gasteiger partial charge in [-0.25, -0.2) is 0 Å². The highest BCUT2D eigenvalue weighted by Crippen LogP contribution is 2.39. The van der Waals surface area contributed by atoms with Crippen LogP contribution in [-0.4, -0.2) is 44.9 Å². The normalized spacial score (nSPS) is 22.0. The average molecular weight is 337 g/mol. The maximum atomic E-state index is 5.91. The Morgan fingerprint density at radius 1 is 1.04 bits per heavy atom. The first kappa shape index (κ1) is 14.8. The first-order valence-electron chi connectivity index (χ1n) is 8.66. The predicted octanol–water partition coefficient (Wildman–Crippen LogP) is 2.50. The van der Waals surface area contributed by atoms with E-state index in [1.165, 1.54) is 0 Å². The van der Waals surface area contributed by atoms with E-state index >= 15 is 0 Å². The molecule has 128 valence electrons. The summed E-state index contributed by atoms with van der Waals surface area (Å²) in [5, 5.41) is 16.7. The van der Waals surface area contributed by atoms with E-state index in [1.807, 2.05) is 42.5 Å². The molecule has 7 heteroatoms. The molecule has 1 spiro atoms. The van der Waals surface area contributed by atoms with E-state index in [0.29, 0.717) is 13.2 Å². The van der Waals surface area contributed by atoms with Gasteiger partial charge in [0.2, 0.25) is 0 Å². The van der Waals surface area contributed by atoms with E-state index in [0.717, 1.165) is 42.1 Å². The van der Waals surface area contributed by atoms with E-state index in [9.17, 15) is 0 Å². The highest BCUT2D eigenvalue weighted by Gasteiger charge is 2.48. The van der Waals surface area contributed by atoms with Crippen molar-refractivity contribution < 1.29 is 9.47 Å². The van der Waals surface area contributed by atoms with Gasteiger partial charge >= 0.3 is 0 Å². The molecule has 0 bridgehead atoms. The Kier molecular flexibility index (Phi) is 3.43. The van der Waals surface area contributed by atoms with Crippen molar-refractivity contribution in [3.8, 4) is 11.4 Å². The average Bonchev–Trinajstić information content (AvgIpc) is 3.38. The lowest BCUT2D eigenvalue weighted by Crippen LogP contribution is -2.43. The fourth-order valence-electron chi connectivity index (χ4n) is 3.76. The van der Waals surface area contributed by atoms with Crippen LogP contribution in [0, 0.1) is 0 Å². The zero-order chi connectivity index (χ0) is 16.7. The monoisotopic (exact) mass is 337 g/mol. The highest BCUT2D eigenvalue weighted by atomic mass is 16.7. The van der Waals surface area contributed by atoms with Crippen molar-refractivity contribution >= 4 is 11.5 Å². The predicted molar refractivity (Wildman–Crippen MR) is 92.1 cm³/mol. The number of fused-ring (bicyclic) bond motifs is 1. The first-order valence-corrected chi connectivity index (χ1v) is 8.66. The zero-order valence-corrected chi connectivity index (χ0v) is 13.8. The molecule has 2 fully saturated rings. The number of hydrogen-bond acceptors (Lipinski definition) is 6. The number of aromatic nitrogens is 4. The Labute approximate surface area is 145 Å². The number of nitrogens with zero attached hydrogens (tertiary/aromatic N) is 4. The smallest absolute Gasteiger partial charge is 0.188 e. The van der Waals surface area contributed by atoms with Gasteiger partial charge in [-0.05, 0) is 25.0 Å². The summed E-state index contributed by atoms with van der Waals surface area (Å²) in [6.07, 6.45) is 3.02. The summed E-state index contributed by atoms with van der Waals surface area (Å²) in [5.74, 6) is 1.01. The summed E-state index contributed by atoms with van der Waals surface area (Å²) in [7, 11) is 0. The minimum absolute atomic E-state index is 0.108. The molecule has 5 rings (SSSR count). The molecule has 1 unspecified atom stereocenters. The molecule has 1 atom stereocenters. The summed E-state index contributed by atoms with van der Waals surface area (Å²) < 4.78 is 13.6. The molecule has 0 amide bonds. The van der Waals surface area contributed by atoms with Crippen LogP contribution >= 0.6 is 0 Å². The van der Waals surface area contributed by atoms with Crippen molar-refractivity contribution in [3.63, 3.8) is 0 Å². The molecule has 3 aromatic rings. The van der Waals surface area contributed by atoms with Gasteiger partial charge in [0.25, 0.3) is 0 Å². The summed E-state index contributed by atoms with van der Waals surface area (Å²) >= 11 is 0. The van der Waals surface area contributed by atoms with Crippen molar-refractivity contribution in [1.82, 2.24) is 19.8 Å². The third-order valence-corrected chi connectivity index (χ3v) is 4.94. The van der Waals surface area contributed by atoms with Gasteiger partial charge < -0.3 is 14.8 Å². The Balaban J connectivity index is 1.48. The molecule has 0 radical (unpaired) electrons. The van der Waals surface area contributed by atoms with Crippen LogP contribution in [0.25, 0.3) is 17.0 Å². The quantitative estimate of drug-likeness (QED) is 0.791. The summed E-state index contributed by atoms with van der Waals surface area (Å²) in [5.41, 5.74) is 1.71. The van der Waals surface area contributed by atoms with E-state index < -0.39 is 5.79 Å². The molecular formula is C18H19N5O2. The van der Waals surface area contributed by atoms with Gasteiger partial charge in [-0.2, -0.15) is 4.52 Å². The van der Waals surface area contributed by atoms with Crippen molar-refractivity contribution in [2.24, 2.45) is 0 Å². The van der Waals surface area contributed by atoms with Crippen molar-refractivity contribution in [2.45, 2.75) is 31.1 Å². The van der Waals surface area contributed by atoms with Gasteiger partial charge in [-0.3, -0.25) is 0 Å². The van der Waals surface area contributed by atoms with E-state index in [1.54, 1.807) is 4.52 Å². The molecule has 1 aliphatic heterocycles. The topological polar surface area (TPSA) is 73.6 Å². The van der Waals surface area contributed by atoms with Gasteiger partial charge in [0.15, 0.2) is 17.3 Å². The molecule has 1 saturated heterocycles. The van der Waals surface area contributed by atoms with Crippen LogP contribution in [0.15, 0.2) is 42.5 Å².